The molecule has 1 heterocycles. The minimum absolute atomic E-state index is 0.311. The fourth-order valence-electron chi connectivity index (χ4n) is 2.63. The summed E-state index contributed by atoms with van der Waals surface area (Å²) in [5.74, 6) is 1.01. The minimum atomic E-state index is -0.574. The number of nitrogens with one attached hydrogen (secondary N) is 1. The summed E-state index contributed by atoms with van der Waals surface area (Å²) in [6.45, 7) is 1.76. The molecule has 0 spiro atoms. The number of phenolic OH excluding ortho intramolecular Hbond substituents is 1. The van der Waals surface area contributed by atoms with Gasteiger partial charge in [0.2, 0.25) is 0 Å². The third kappa shape index (κ3) is 2.77. The zero-order valence-corrected chi connectivity index (χ0v) is 12.1. The molecule has 106 valence electrons. The Morgan fingerprint density at radius 2 is 1.75 bits per heavy atom. The summed E-state index contributed by atoms with van der Waals surface area (Å²) in [5.41, 5.74) is -0.574. The fourth-order valence-corrected chi connectivity index (χ4v) is 3.84. The summed E-state index contributed by atoms with van der Waals surface area (Å²) in [7, 11) is 0. The van der Waals surface area contributed by atoms with Gasteiger partial charge in [-0.15, -0.1) is 11.8 Å². The Hall–Kier alpha value is -1.23. The highest BCUT2D eigenvalue weighted by Crippen LogP contribution is 2.35. The van der Waals surface area contributed by atoms with Gasteiger partial charge in [-0.3, -0.25) is 0 Å². The Morgan fingerprint density at radius 3 is 2.50 bits per heavy atom. The molecule has 4 heteroatoms. The second kappa shape index (κ2) is 5.64. The van der Waals surface area contributed by atoms with Gasteiger partial charge in [-0.25, -0.2) is 0 Å². The number of hydrogen-bond acceptors (Lipinski definition) is 4. The number of thioether (sulfide) groups is 1. The van der Waals surface area contributed by atoms with E-state index in [-0.39, 0.29) is 0 Å². The maximum absolute atomic E-state index is 10.5. The SMILES string of the molecule is Oc1ccc(SCC2(O)CCNCC2)c2ccccc12. The molecule has 1 aliphatic heterocycles. The van der Waals surface area contributed by atoms with Crippen LogP contribution < -0.4 is 5.32 Å². The van der Waals surface area contributed by atoms with Crippen LogP contribution in [0.15, 0.2) is 41.3 Å². The highest BCUT2D eigenvalue weighted by molar-refractivity contribution is 7.99. The van der Waals surface area contributed by atoms with Crippen molar-refractivity contribution >= 4 is 22.5 Å². The zero-order chi connectivity index (χ0) is 14.0. The summed E-state index contributed by atoms with van der Waals surface area (Å²) >= 11 is 1.68. The largest absolute Gasteiger partial charge is 0.507 e. The second-order valence-electron chi connectivity index (χ2n) is 5.39. The van der Waals surface area contributed by atoms with Crippen LogP contribution in [0.1, 0.15) is 12.8 Å². The van der Waals surface area contributed by atoms with E-state index in [0.717, 1.165) is 41.6 Å². The van der Waals surface area contributed by atoms with Crippen molar-refractivity contribution in [1.29, 1.82) is 0 Å². The maximum atomic E-state index is 10.5. The molecular formula is C16H19NO2S. The molecule has 0 atom stereocenters. The van der Waals surface area contributed by atoms with Crippen molar-refractivity contribution in [3.05, 3.63) is 36.4 Å². The molecule has 0 unspecified atom stereocenters. The lowest BCUT2D eigenvalue weighted by molar-refractivity contribution is 0.0339. The molecule has 0 amide bonds. The molecule has 3 nitrogen and oxygen atoms in total. The van der Waals surface area contributed by atoms with Crippen molar-refractivity contribution in [3.8, 4) is 5.75 Å². The molecule has 2 aromatic rings. The predicted molar refractivity (Wildman–Crippen MR) is 83.4 cm³/mol. The number of hydrogen-bond donors (Lipinski definition) is 3. The Bertz CT molecular complexity index is 608. The van der Waals surface area contributed by atoms with Crippen LogP contribution in [0.3, 0.4) is 0 Å². The van der Waals surface area contributed by atoms with Gasteiger partial charge >= 0.3 is 0 Å². The number of benzene rings is 2. The summed E-state index contributed by atoms with van der Waals surface area (Å²) in [6, 6.07) is 11.5. The molecule has 0 aromatic heterocycles. The van der Waals surface area contributed by atoms with E-state index in [1.54, 1.807) is 17.8 Å². The predicted octanol–water partition coefficient (Wildman–Crippen LogP) is 2.75. The van der Waals surface area contributed by atoms with E-state index in [4.69, 9.17) is 0 Å². The molecule has 1 saturated heterocycles. The van der Waals surface area contributed by atoms with Gasteiger partial charge in [0, 0.05) is 16.0 Å². The summed E-state index contributed by atoms with van der Waals surface area (Å²) in [4.78, 5) is 1.12. The first-order valence-electron chi connectivity index (χ1n) is 6.95. The third-order valence-corrected chi connectivity index (χ3v) is 5.24. The van der Waals surface area contributed by atoms with Crippen LogP contribution in [0.2, 0.25) is 0 Å². The normalized spacial score (nSPS) is 18.2. The summed E-state index contributed by atoms with van der Waals surface area (Å²) in [6.07, 6.45) is 1.60. The first-order chi connectivity index (χ1) is 9.68. The molecule has 0 bridgehead atoms. The Balaban J connectivity index is 1.82. The van der Waals surface area contributed by atoms with Gasteiger partial charge in [0.25, 0.3) is 0 Å². The lowest BCUT2D eigenvalue weighted by atomic mass is 9.95. The molecule has 3 rings (SSSR count). The Kier molecular flexibility index (Phi) is 3.87. The van der Waals surface area contributed by atoms with Crippen LogP contribution in [0.4, 0.5) is 0 Å². The molecule has 20 heavy (non-hydrogen) atoms. The van der Waals surface area contributed by atoms with E-state index in [2.05, 4.69) is 5.32 Å². The van der Waals surface area contributed by atoms with Crippen molar-refractivity contribution in [2.24, 2.45) is 0 Å². The van der Waals surface area contributed by atoms with Crippen LogP contribution in [0.25, 0.3) is 10.8 Å². The van der Waals surface area contributed by atoms with Crippen molar-refractivity contribution in [2.75, 3.05) is 18.8 Å². The zero-order valence-electron chi connectivity index (χ0n) is 11.3. The molecule has 3 N–H and O–H groups in total. The van der Waals surface area contributed by atoms with Gasteiger partial charge < -0.3 is 15.5 Å². The van der Waals surface area contributed by atoms with E-state index < -0.39 is 5.60 Å². The van der Waals surface area contributed by atoms with Crippen LogP contribution in [0.5, 0.6) is 5.75 Å². The van der Waals surface area contributed by atoms with E-state index in [9.17, 15) is 10.2 Å². The van der Waals surface area contributed by atoms with E-state index in [0.29, 0.717) is 11.5 Å². The lowest BCUT2D eigenvalue weighted by Gasteiger charge is -2.32. The molecule has 0 saturated carbocycles. The first-order valence-corrected chi connectivity index (χ1v) is 7.93. The quantitative estimate of drug-likeness (QED) is 0.761. The highest BCUT2D eigenvalue weighted by atomic mass is 32.2. The number of phenols is 1. The van der Waals surface area contributed by atoms with Gasteiger partial charge in [0.1, 0.15) is 5.75 Å². The molecule has 1 fully saturated rings. The van der Waals surface area contributed by atoms with Gasteiger partial charge in [-0.1, -0.05) is 24.3 Å². The van der Waals surface area contributed by atoms with Crippen molar-refractivity contribution in [2.45, 2.75) is 23.3 Å². The summed E-state index contributed by atoms with van der Waals surface area (Å²) < 4.78 is 0. The van der Waals surface area contributed by atoms with Crippen LogP contribution in [-0.2, 0) is 0 Å². The van der Waals surface area contributed by atoms with E-state index >= 15 is 0 Å². The topological polar surface area (TPSA) is 52.5 Å². The van der Waals surface area contributed by atoms with E-state index in [1.165, 1.54) is 0 Å². The molecule has 1 aliphatic rings. The first kappa shape index (κ1) is 13.7. The number of rotatable bonds is 3. The fraction of sp³-hybridized carbons (Fsp3) is 0.375. The van der Waals surface area contributed by atoms with Crippen molar-refractivity contribution < 1.29 is 10.2 Å². The van der Waals surface area contributed by atoms with Crippen LogP contribution in [0, 0.1) is 0 Å². The molecule has 0 radical (unpaired) electrons. The standard InChI is InChI=1S/C16H19NO2S/c18-14-5-6-15(13-4-2-1-3-12(13)14)20-11-16(19)7-9-17-10-8-16/h1-6,17-19H,7-11H2. The van der Waals surface area contributed by atoms with Crippen molar-refractivity contribution in [1.82, 2.24) is 5.32 Å². The van der Waals surface area contributed by atoms with Crippen LogP contribution in [-0.4, -0.2) is 34.7 Å². The molecular weight excluding hydrogens is 270 g/mol. The van der Waals surface area contributed by atoms with Crippen molar-refractivity contribution in [3.63, 3.8) is 0 Å². The number of aromatic hydroxyl groups is 1. The van der Waals surface area contributed by atoms with Gasteiger partial charge in [0.05, 0.1) is 5.60 Å². The number of aliphatic hydroxyl groups is 1. The summed E-state index contributed by atoms with van der Waals surface area (Å²) in [5, 5.41) is 25.6. The average molecular weight is 289 g/mol. The van der Waals surface area contributed by atoms with E-state index in [1.807, 2.05) is 30.3 Å². The number of fused-ring (bicyclic) bond motifs is 1. The molecule has 2 aromatic carbocycles. The van der Waals surface area contributed by atoms with Gasteiger partial charge in [0.15, 0.2) is 0 Å². The van der Waals surface area contributed by atoms with Crippen LogP contribution >= 0.6 is 11.8 Å². The Morgan fingerprint density at radius 1 is 1.05 bits per heavy atom. The lowest BCUT2D eigenvalue weighted by Crippen LogP contribution is -2.43. The van der Waals surface area contributed by atoms with Gasteiger partial charge in [-0.05, 0) is 43.5 Å². The number of piperidine rings is 1. The molecule has 0 aliphatic carbocycles. The maximum Gasteiger partial charge on any atom is 0.123 e. The smallest absolute Gasteiger partial charge is 0.123 e. The second-order valence-corrected chi connectivity index (χ2v) is 6.41. The third-order valence-electron chi connectivity index (χ3n) is 3.89. The Labute approximate surface area is 123 Å². The monoisotopic (exact) mass is 289 g/mol. The average Bonchev–Trinajstić information content (AvgIpc) is 2.48. The minimum Gasteiger partial charge on any atom is -0.507 e. The van der Waals surface area contributed by atoms with Gasteiger partial charge in [-0.2, -0.15) is 0 Å². The highest BCUT2D eigenvalue weighted by Gasteiger charge is 2.29.